The van der Waals surface area contributed by atoms with Gasteiger partial charge >= 0.3 is 0 Å². The van der Waals surface area contributed by atoms with Gasteiger partial charge in [-0.25, -0.2) is 17.8 Å². The molecule has 23 heavy (non-hydrogen) atoms. The molecule has 8 heteroatoms. The third kappa shape index (κ3) is 2.96. The van der Waals surface area contributed by atoms with Crippen molar-refractivity contribution >= 4 is 16.0 Å². The Bertz CT molecular complexity index is 811. The molecule has 0 aliphatic carbocycles. The highest BCUT2D eigenvalue weighted by Gasteiger charge is 2.30. The van der Waals surface area contributed by atoms with Gasteiger partial charge in [-0.15, -0.1) is 0 Å². The predicted molar refractivity (Wildman–Crippen MR) is 85.3 cm³/mol. The van der Waals surface area contributed by atoms with Crippen LogP contribution in [0.2, 0.25) is 0 Å². The van der Waals surface area contributed by atoms with Crippen LogP contribution in [-0.4, -0.2) is 48.5 Å². The molecule has 0 amide bonds. The molecule has 1 fully saturated rings. The highest BCUT2D eigenvalue weighted by molar-refractivity contribution is 7.89. The topological polar surface area (TPSA) is 58.4 Å². The summed E-state index contributed by atoms with van der Waals surface area (Å²) in [6.45, 7) is 3.49. The minimum atomic E-state index is -3.68. The van der Waals surface area contributed by atoms with Crippen LogP contribution < -0.4 is 4.90 Å². The molecule has 124 valence electrons. The molecule has 0 bridgehead atoms. The van der Waals surface area contributed by atoms with Gasteiger partial charge in [0.2, 0.25) is 16.0 Å². The van der Waals surface area contributed by atoms with Crippen LogP contribution in [0.15, 0.2) is 35.5 Å². The number of piperazine rings is 1. The van der Waals surface area contributed by atoms with Crippen LogP contribution >= 0.6 is 0 Å². The van der Waals surface area contributed by atoms with Crippen LogP contribution in [0.3, 0.4) is 0 Å². The van der Waals surface area contributed by atoms with Crippen LogP contribution in [0.1, 0.15) is 5.56 Å². The van der Waals surface area contributed by atoms with E-state index in [1.165, 1.54) is 16.4 Å². The zero-order valence-corrected chi connectivity index (χ0v) is 13.9. The smallest absolute Gasteiger partial charge is 0.243 e. The fraction of sp³-hybridized carbons (Fsp3) is 0.400. The molecule has 0 atom stereocenters. The fourth-order valence-corrected chi connectivity index (χ4v) is 4.44. The maximum atomic E-state index is 13.4. The van der Waals surface area contributed by atoms with E-state index in [2.05, 4.69) is 4.98 Å². The number of aromatic nitrogens is 2. The SMILES string of the molecule is Cc1ccc(F)cc1S(=O)(=O)N1CCN(c2nccn2C)CC1. The van der Waals surface area contributed by atoms with Crippen molar-refractivity contribution < 1.29 is 12.8 Å². The number of benzene rings is 1. The van der Waals surface area contributed by atoms with E-state index in [4.69, 9.17) is 0 Å². The molecule has 1 aromatic carbocycles. The summed E-state index contributed by atoms with van der Waals surface area (Å²) in [5.41, 5.74) is 0.554. The van der Waals surface area contributed by atoms with Gasteiger partial charge in [0.1, 0.15) is 5.82 Å². The van der Waals surface area contributed by atoms with E-state index in [-0.39, 0.29) is 4.90 Å². The third-order valence-electron chi connectivity index (χ3n) is 4.09. The second kappa shape index (κ2) is 5.93. The molecule has 6 nitrogen and oxygen atoms in total. The lowest BCUT2D eigenvalue weighted by Gasteiger charge is -2.34. The van der Waals surface area contributed by atoms with E-state index in [0.29, 0.717) is 31.7 Å². The molecule has 0 radical (unpaired) electrons. The van der Waals surface area contributed by atoms with Crippen molar-refractivity contribution in [2.75, 3.05) is 31.1 Å². The van der Waals surface area contributed by atoms with Crippen LogP contribution in [0, 0.1) is 12.7 Å². The summed E-state index contributed by atoms with van der Waals surface area (Å²) in [4.78, 5) is 6.37. The molecular weight excluding hydrogens is 319 g/mol. The molecular formula is C15H19FN4O2S. The van der Waals surface area contributed by atoms with Crippen molar-refractivity contribution in [1.82, 2.24) is 13.9 Å². The Balaban J connectivity index is 1.79. The summed E-state index contributed by atoms with van der Waals surface area (Å²) in [6.07, 6.45) is 3.57. The Morgan fingerprint density at radius 1 is 1.17 bits per heavy atom. The molecule has 1 saturated heterocycles. The summed E-state index contributed by atoms with van der Waals surface area (Å²) in [6, 6.07) is 3.86. The molecule has 1 aliphatic heterocycles. The van der Waals surface area contributed by atoms with Gasteiger partial charge in [0.25, 0.3) is 0 Å². The first-order chi connectivity index (χ1) is 10.9. The van der Waals surface area contributed by atoms with Gasteiger partial charge in [0.05, 0.1) is 4.90 Å². The second-order valence-electron chi connectivity index (χ2n) is 5.64. The van der Waals surface area contributed by atoms with Crippen molar-refractivity contribution in [2.45, 2.75) is 11.8 Å². The van der Waals surface area contributed by atoms with Crippen LogP contribution in [0.4, 0.5) is 10.3 Å². The molecule has 0 unspecified atom stereocenters. The minimum absolute atomic E-state index is 0.0444. The van der Waals surface area contributed by atoms with Gasteiger partial charge in [-0.05, 0) is 24.6 Å². The van der Waals surface area contributed by atoms with E-state index < -0.39 is 15.8 Å². The Morgan fingerprint density at radius 3 is 2.48 bits per heavy atom. The lowest BCUT2D eigenvalue weighted by Crippen LogP contribution is -2.49. The molecule has 2 aromatic rings. The van der Waals surface area contributed by atoms with Crippen LogP contribution in [0.25, 0.3) is 0 Å². The first-order valence-corrected chi connectivity index (χ1v) is 8.82. The molecule has 0 spiro atoms. The fourth-order valence-electron chi connectivity index (χ4n) is 2.78. The summed E-state index contributed by atoms with van der Waals surface area (Å²) >= 11 is 0. The van der Waals surface area contributed by atoms with Crippen molar-refractivity contribution in [3.8, 4) is 0 Å². The maximum absolute atomic E-state index is 13.4. The molecule has 0 saturated carbocycles. The van der Waals surface area contributed by atoms with Crippen molar-refractivity contribution in [3.63, 3.8) is 0 Å². The number of nitrogens with zero attached hydrogens (tertiary/aromatic N) is 4. The summed E-state index contributed by atoms with van der Waals surface area (Å²) in [5.74, 6) is 0.282. The lowest BCUT2D eigenvalue weighted by atomic mass is 10.2. The van der Waals surface area contributed by atoms with E-state index in [0.717, 1.165) is 12.0 Å². The average Bonchev–Trinajstić information content (AvgIpc) is 2.96. The predicted octanol–water partition coefficient (Wildman–Crippen LogP) is 1.38. The lowest BCUT2D eigenvalue weighted by molar-refractivity contribution is 0.381. The number of halogens is 1. The second-order valence-corrected chi connectivity index (χ2v) is 7.55. The monoisotopic (exact) mass is 338 g/mol. The Labute approximate surface area is 135 Å². The number of anilines is 1. The van der Waals surface area contributed by atoms with Gasteiger partial charge in [0, 0.05) is 45.6 Å². The Morgan fingerprint density at radius 2 is 1.87 bits per heavy atom. The van der Waals surface area contributed by atoms with Gasteiger partial charge in [-0.2, -0.15) is 4.31 Å². The average molecular weight is 338 g/mol. The number of hydrogen-bond donors (Lipinski definition) is 0. The largest absolute Gasteiger partial charge is 0.340 e. The normalized spacial score (nSPS) is 16.7. The van der Waals surface area contributed by atoms with Crippen molar-refractivity contribution in [3.05, 3.63) is 42.0 Å². The first kappa shape index (κ1) is 15.9. The quantitative estimate of drug-likeness (QED) is 0.848. The number of rotatable bonds is 3. The molecule has 2 heterocycles. The number of imidazole rings is 1. The highest BCUT2D eigenvalue weighted by atomic mass is 32.2. The van der Waals surface area contributed by atoms with Crippen LogP contribution in [-0.2, 0) is 17.1 Å². The van der Waals surface area contributed by atoms with E-state index >= 15 is 0 Å². The standard InChI is InChI=1S/C15H19FN4O2S/c1-12-3-4-13(16)11-14(12)23(21,22)20-9-7-19(8-10-20)15-17-5-6-18(15)2/h3-6,11H,7-10H2,1-2H3. The highest BCUT2D eigenvalue weighted by Crippen LogP contribution is 2.23. The Hall–Kier alpha value is -1.93. The zero-order valence-electron chi connectivity index (χ0n) is 13.1. The van der Waals surface area contributed by atoms with Gasteiger partial charge in [-0.1, -0.05) is 6.07 Å². The molecule has 1 aliphatic rings. The minimum Gasteiger partial charge on any atom is -0.340 e. The third-order valence-corrected chi connectivity index (χ3v) is 6.13. The summed E-state index contributed by atoms with van der Waals surface area (Å²) in [7, 11) is -1.77. The number of sulfonamides is 1. The zero-order chi connectivity index (χ0) is 16.6. The number of aryl methyl sites for hydroxylation is 2. The molecule has 3 rings (SSSR count). The van der Waals surface area contributed by atoms with Crippen molar-refractivity contribution in [1.29, 1.82) is 0 Å². The number of hydrogen-bond acceptors (Lipinski definition) is 4. The molecule has 0 N–H and O–H groups in total. The summed E-state index contributed by atoms with van der Waals surface area (Å²) < 4.78 is 42.2. The van der Waals surface area contributed by atoms with Gasteiger partial charge < -0.3 is 9.47 Å². The molecule has 1 aromatic heterocycles. The van der Waals surface area contributed by atoms with Gasteiger partial charge in [0.15, 0.2) is 0 Å². The van der Waals surface area contributed by atoms with Crippen LogP contribution in [0.5, 0.6) is 0 Å². The first-order valence-electron chi connectivity index (χ1n) is 7.38. The van der Waals surface area contributed by atoms with Crippen molar-refractivity contribution in [2.24, 2.45) is 7.05 Å². The summed E-state index contributed by atoms with van der Waals surface area (Å²) in [5, 5.41) is 0. The van der Waals surface area contributed by atoms with E-state index in [1.807, 2.05) is 22.7 Å². The Kier molecular flexibility index (Phi) is 4.11. The van der Waals surface area contributed by atoms with E-state index in [9.17, 15) is 12.8 Å². The van der Waals surface area contributed by atoms with E-state index in [1.54, 1.807) is 13.1 Å². The van der Waals surface area contributed by atoms with Gasteiger partial charge in [-0.3, -0.25) is 0 Å². The maximum Gasteiger partial charge on any atom is 0.243 e.